The maximum atomic E-state index is 12.0. The summed E-state index contributed by atoms with van der Waals surface area (Å²) in [7, 11) is 0. The van der Waals surface area contributed by atoms with Crippen molar-refractivity contribution < 1.29 is 5.11 Å². The lowest BCUT2D eigenvalue weighted by Gasteiger charge is -2.07. The monoisotopic (exact) mass is 297 g/mol. The largest absolute Gasteiger partial charge is 0.390 e. The van der Waals surface area contributed by atoms with E-state index in [0.29, 0.717) is 28.4 Å². The van der Waals surface area contributed by atoms with Crippen LogP contribution < -0.4 is 10.9 Å². The predicted molar refractivity (Wildman–Crippen MR) is 82.4 cm³/mol. The van der Waals surface area contributed by atoms with Gasteiger partial charge in [0.25, 0.3) is 5.56 Å². The molecule has 0 saturated heterocycles. The van der Waals surface area contributed by atoms with Crippen molar-refractivity contribution in [1.29, 1.82) is 0 Å². The molecule has 3 rings (SSSR count). The molecule has 3 N–H and O–H groups in total. The first kappa shape index (κ1) is 14.2. The lowest BCUT2D eigenvalue weighted by Crippen LogP contribution is -2.15. The Labute approximate surface area is 126 Å². The van der Waals surface area contributed by atoms with E-state index < -0.39 is 0 Å². The summed E-state index contributed by atoms with van der Waals surface area (Å²) in [6.45, 7) is 1.96. The molecule has 0 bridgehead atoms. The van der Waals surface area contributed by atoms with Crippen molar-refractivity contribution in [2.24, 2.45) is 0 Å². The Morgan fingerprint density at radius 1 is 1.23 bits per heavy atom. The van der Waals surface area contributed by atoms with Gasteiger partial charge >= 0.3 is 0 Å². The highest BCUT2D eigenvalue weighted by molar-refractivity contribution is 5.77. The van der Waals surface area contributed by atoms with Crippen molar-refractivity contribution in [3.05, 3.63) is 57.9 Å². The highest BCUT2D eigenvalue weighted by atomic mass is 16.3. The molecule has 0 aliphatic heterocycles. The van der Waals surface area contributed by atoms with Gasteiger partial charge in [-0.1, -0.05) is 12.1 Å². The number of aryl methyl sites for hydroxylation is 1. The number of rotatable bonds is 4. The van der Waals surface area contributed by atoms with E-state index in [1.807, 2.05) is 13.0 Å². The molecule has 7 heteroatoms. The van der Waals surface area contributed by atoms with Crippen molar-refractivity contribution >= 4 is 16.9 Å². The first-order valence-corrected chi connectivity index (χ1v) is 6.83. The number of nitrogens with one attached hydrogen (secondary N) is 2. The molecule has 112 valence electrons. The van der Waals surface area contributed by atoms with E-state index in [1.165, 1.54) is 0 Å². The average Bonchev–Trinajstić information content (AvgIpc) is 2.52. The van der Waals surface area contributed by atoms with E-state index >= 15 is 0 Å². The van der Waals surface area contributed by atoms with Crippen LogP contribution in [0.1, 0.15) is 17.2 Å². The van der Waals surface area contributed by atoms with Gasteiger partial charge in [0.1, 0.15) is 5.82 Å². The third-order valence-corrected chi connectivity index (χ3v) is 3.15. The van der Waals surface area contributed by atoms with Crippen LogP contribution in [-0.4, -0.2) is 25.0 Å². The van der Waals surface area contributed by atoms with E-state index in [0.717, 1.165) is 5.69 Å². The zero-order chi connectivity index (χ0) is 15.5. The van der Waals surface area contributed by atoms with E-state index in [4.69, 9.17) is 5.11 Å². The van der Waals surface area contributed by atoms with Gasteiger partial charge in [-0.3, -0.25) is 4.79 Å². The molecule has 0 amide bonds. The van der Waals surface area contributed by atoms with Crippen molar-refractivity contribution in [3.8, 4) is 0 Å². The van der Waals surface area contributed by atoms with Crippen LogP contribution in [0.15, 0.2) is 35.1 Å². The summed E-state index contributed by atoms with van der Waals surface area (Å²) >= 11 is 0. The van der Waals surface area contributed by atoms with E-state index in [1.54, 1.807) is 24.3 Å². The minimum atomic E-state index is -0.177. The molecule has 2 aromatic heterocycles. The second-order valence-electron chi connectivity index (χ2n) is 4.87. The Morgan fingerprint density at radius 3 is 2.86 bits per heavy atom. The SMILES string of the molecule is Cc1cc(CO)nc(NCc2nc3ccccc3c(=O)[nH]2)n1. The van der Waals surface area contributed by atoms with Crippen LogP contribution in [0, 0.1) is 6.92 Å². The maximum absolute atomic E-state index is 12.0. The van der Waals surface area contributed by atoms with Crippen LogP contribution in [0.3, 0.4) is 0 Å². The zero-order valence-electron chi connectivity index (χ0n) is 12.0. The molecule has 7 nitrogen and oxygen atoms in total. The topological polar surface area (TPSA) is 104 Å². The van der Waals surface area contributed by atoms with Crippen LogP contribution in [0.2, 0.25) is 0 Å². The highest BCUT2D eigenvalue weighted by Gasteiger charge is 2.05. The summed E-state index contributed by atoms with van der Waals surface area (Å²) in [5, 5.41) is 12.7. The molecular weight excluding hydrogens is 282 g/mol. The second kappa shape index (κ2) is 5.90. The number of benzene rings is 1. The number of aliphatic hydroxyl groups is 1. The van der Waals surface area contributed by atoms with Gasteiger partial charge in [0, 0.05) is 5.69 Å². The fourth-order valence-electron chi connectivity index (χ4n) is 2.18. The third-order valence-electron chi connectivity index (χ3n) is 3.15. The Morgan fingerprint density at radius 2 is 2.05 bits per heavy atom. The van der Waals surface area contributed by atoms with Crippen molar-refractivity contribution in [2.75, 3.05) is 5.32 Å². The number of aliphatic hydroxyl groups excluding tert-OH is 1. The van der Waals surface area contributed by atoms with Gasteiger partial charge in [-0.2, -0.15) is 0 Å². The van der Waals surface area contributed by atoms with Crippen molar-refractivity contribution in [2.45, 2.75) is 20.1 Å². The lowest BCUT2D eigenvalue weighted by atomic mass is 10.2. The first-order chi connectivity index (χ1) is 10.7. The summed E-state index contributed by atoms with van der Waals surface area (Å²) in [6.07, 6.45) is 0. The Hall–Kier alpha value is -2.80. The summed E-state index contributed by atoms with van der Waals surface area (Å²) in [4.78, 5) is 27.5. The molecule has 1 aromatic carbocycles. The fourth-order valence-corrected chi connectivity index (χ4v) is 2.18. The number of anilines is 1. The van der Waals surface area contributed by atoms with Gasteiger partial charge in [-0.25, -0.2) is 15.0 Å². The van der Waals surface area contributed by atoms with Crippen LogP contribution >= 0.6 is 0 Å². The number of hydrogen-bond acceptors (Lipinski definition) is 6. The normalized spacial score (nSPS) is 10.8. The number of nitrogens with zero attached hydrogens (tertiary/aromatic N) is 3. The number of para-hydroxylation sites is 1. The molecule has 22 heavy (non-hydrogen) atoms. The molecular formula is C15H15N5O2. The minimum absolute atomic E-state index is 0.150. The number of aromatic amines is 1. The number of fused-ring (bicyclic) bond motifs is 1. The van der Waals surface area contributed by atoms with E-state index in [2.05, 4.69) is 25.3 Å². The molecule has 0 aliphatic rings. The minimum Gasteiger partial charge on any atom is -0.390 e. The van der Waals surface area contributed by atoms with Gasteiger partial charge in [-0.15, -0.1) is 0 Å². The third kappa shape index (κ3) is 2.94. The molecule has 0 aliphatic carbocycles. The number of aromatic nitrogens is 4. The van der Waals surface area contributed by atoms with Crippen LogP contribution in [-0.2, 0) is 13.2 Å². The van der Waals surface area contributed by atoms with Crippen LogP contribution in [0.4, 0.5) is 5.95 Å². The second-order valence-corrected chi connectivity index (χ2v) is 4.87. The Bertz CT molecular complexity index is 875. The molecule has 0 unspecified atom stereocenters. The van der Waals surface area contributed by atoms with Crippen LogP contribution in [0.5, 0.6) is 0 Å². The van der Waals surface area contributed by atoms with Gasteiger partial charge in [0.15, 0.2) is 0 Å². The van der Waals surface area contributed by atoms with Crippen molar-refractivity contribution in [1.82, 2.24) is 19.9 Å². The highest BCUT2D eigenvalue weighted by Crippen LogP contribution is 2.08. The molecule has 0 fully saturated rings. The van der Waals surface area contributed by atoms with Gasteiger partial charge < -0.3 is 15.4 Å². The molecule has 3 aromatic rings. The van der Waals surface area contributed by atoms with E-state index in [9.17, 15) is 4.79 Å². The molecule has 0 atom stereocenters. The number of H-pyrrole nitrogens is 1. The first-order valence-electron chi connectivity index (χ1n) is 6.83. The Balaban J connectivity index is 1.85. The zero-order valence-corrected chi connectivity index (χ0v) is 12.0. The molecule has 0 saturated carbocycles. The summed E-state index contributed by atoms with van der Waals surface area (Å²) < 4.78 is 0. The quantitative estimate of drug-likeness (QED) is 0.667. The fraction of sp³-hybridized carbons (Fsp3) is 0.200. The summed E-state index contributed by atoms with van der Waals surface area (Å²) in [5.74, 6) is 0.888. The Kier molecular flexibility index (Phi) is 3.80. The average molecular weight is 297 g/mol. The standard InChI is InChI=1S/C15H15N5O2/c1-9-6-10(8-21)18-15(17-9)16-7-13-19-12-5-3-2-4-11(12)14(22)20-13/h2-6,21H,7-8H2,1H3,(H,16,17,18)(H,19,20,22). The number of hydrogen-bond donors (Lipinski definition) is 3. The van der Waals surface area contributed by atoms with Crippen LogP contribution in [0.25, 0.3) is 10.9 Å². The predicted octanol–water partition coefficient (Wildman–Crippen LogP) is 1.13. The lowest BCUT2D eigenvalue weighted by molar-refractivity contribution is 0.276. The molecule has 0 spiro atoms. The van der Waals surface area contributed by atoms with Gasteiger partial charge in [-0.05, 0) is 25.1 Å². The molecule has 0 radical (unpaired) electrons. The molecule has 2 heterocycles. The van der Waals surface area contributed by atoms with Gasteiger partial charge in [0.2, 0.25) is 5.95 Å². The smallest absolute Gasteiger partial charge is 0.258 e. The summed E-state index contributed by atoms with van der Waals surface area (Å²) in [6, 6.07) is 8.87. The van der Waals surface area contributed by atoms with Gasteiger partial charge in [0.05, 0.1) is 29.7 Å². The maximum Gasteiger partial charge on any atom is 0.258 e. The van der Waals surface area contributed by atoms with Crippen molar-refractivity contribution in [3.63, 3.8) is 0 Å². The summed E-state index contributed by atoms with van der Waals surface area (Å²) in [5.41, 5.74) is 1.75. The van der Waals surface area contributed by atoms with E-state index in [-0.39, 0.29) is 18.7 Å².